The Morgan fingerprint density at radius 3 is 2.59 bits per heavy atom. The summed E-state index contributed by atoms with van der Waals surface area (Å²) in [4.78, 5) is 15.8. The van der Waals surface area contributed by atoms with Gasteiger partial charge in [0.2, 0.25) is 16.0 Å². The van der Waals surface area contributed by atoms with Crippen molar-refractivity contribution in [3.05, 3.63) is 27.1 Å². The van der Waals surface area contributed by atoms with Gasteiger partial charge in [-0.1, -0.05) is 0 Å². The largest absolute Gasteiger partial charge is 0.442 e. The van der Waals surface area contributed by atoms with Crippen LogP contribution in [0.25, 0.3) is 0 Å². The number of ether oxygens (including phenoxy) is 1. The molecule has 0 saturated carbocycles. The van der Waals surface area contributed by atoms with Gasteiger partial charge in [0.05, 0.1) is 11.3 Å². The number of nitrogen functional groups attached to an aromatic ring is 1. The van der Waals surface area contributed by atoms with Crippen LogP contribution in [0.4, 0.5) is 14.9 Å². The molecule has 0 aliphatic carbocycles. The van der Waals surface area contributed by atoms with E-state index in [9.17, 15) is 17.6 Å². The second-order valence-corrected chi connectivity index (χ2v) is 10.6. The minimum atomic E-state index is -3.87. The molecule has 0 spiro atoms. The van der Waals surface area contributed by atoms with Crippen molar-refractivity contribution in [2.75, 3.05) is 18.5 Å². The number of hydrogen-bond donors (Lipinski definition) is 2. The summed E-state index contributed by atoms with van der Waals surface area (Å²) in [6, 6.07) is 2.61. The molecule has 2 rings (SSSR count). The third kappa shape index (κ3) is 4.81. The molecule has 0 radical (unpaired) electrons. The smallest absolute Gasteiger partial charge is 0.437 e. The van der Waals surface area contributed by atoms with Crippen molar-refractivity contribution >= 4 is 50.4 Å². The number of benzene rings is 1. The van der Waals surface area contributed by atoms with E-state index in [4.69, 9.17) is 10.5 Å². The third-order valence-electron chi connectivity index (χ3n) is 3.85. The molecule has 1 aliphatic heterocycles. The predicted octanol–water partition coefficient (Wildman–Crippen LogP) is 2.38. The molecule has 0 unspecified atom stereocenters. The van der Waals surface area contributed by atoms with E-state index in [0.717, 1.165) is 4.31 Å². The topological polar surface area (TPSA) is 114 Å². The van der Waals surface area contributed by atoms with Crippen molar-refractivity contribution in [3.63, 3.8) is 0 Å². The molecule has 27 heavy (non-hydrogen) atoms. The molecule has 1 aliphatic rings. The summed E-state index contributed by atoms with van der Waals surface area (Å²) in [5.41, 5.74) is 4.07. The zero-order chi connectivity index (χ0) is 20.8. The molecule has 1 atom stereocenters. The molecule has 11 heteroatoms. The Hall–Kier alpha value is -1.63. The molecule has 0 bridgehead atoms. The molecule has 1 heterocycles. The maximum Gasteiger partial charge on any atom is 0.437 e. The molecular weight excluding hydrogens is 490 g/mol. The van der Waals surface area contributed by atoms with Gasteiger partial charge in [0, 0.05) is 21.9 Å². The van der Waals surface area contributed by atoms with Gasteiger partial charge in [-0.25, -0.2) is 21.9 Å². The van der Waals surface area contributed by atoms with Crippen LogP contribution in [-0.4, -0.2) is 43.2 Å². The fourth-order valence-corrected chi connectivity index (χ4v) is 4.49. The Labute approximate surface area is 171 Å². The van der Waals surface area contributed by atoms with E-state index in [1.807, 2.05) is 22.6 Å². The molecule has 150 valence electrons. The quantitative estimate of drug-likeness (QED) is 0.442. The first-order valence-corrected chi connectivity index (χ1v) is 10.6. The average Bonchev–Trinajstić information content (AvgIpc) is 2.45. The maximum absolute atomic E-state index is 14.6. The number of halogens is 2. The number of carbonyl (C=O) groups is 1. The van der Waals surface area contributed by atoms with Crippen LogP contribution in [0.2, 0.25) is 0 Å². The van der Waals surface area contributed by atoms with E-state index < -0.39 is 38.8 Å². The zero-order valence-electron chi connectivity index (χ0n) is 15.6. The average molecular weight is 512 g/mol. The summed E-state index contributed by atoms with van der Waals surface area (Å²) in [6.07, 6.45) is -0.959. The van der Waals surface area contributed by atoms with Crippen LogP contribution in [-0.2, 0) is 20.3 Å². The fraction of sp³-hybridized carbons (Fsp3) is 0.500. The van der Waals surface area contributed by atoms with Crippen molar-refractivity contribution in [2.24, 2.45) is 4.99 Å². The van der Waals surface area contributed by atoms with Crippen molar-refractivity contribution in [3.8, 4) is 0 Å². The van der Waals surface area contributed by atoms with Gasteiger partial charge in [0.25, 0.3) is 0 Å². The van der Waals surface area contributed by atoms with E-state index in [1.54, 1.807) is 20.8 Å². The highest BCUT2D eigenvalue weighted by atomic mass is 127. The highest BCUT2D eigenvalue weighted by Crippen LogP contribution is 2.32. The number of aliphatic imine (C=N–C) groups is 1. The van der Waals surface area contributed by atoms with E-state index in [-0.39, 0.29) is 11.5 Å². The lowest BCUT2D eigenvalue weighted by Gasteiger charge is -2.40. The van der Waals surface area contributed by atoms with Gasteiger partial charge in [-0.15, -0.1) is 4.99 Å². The van der Waals surface area contributed by atoms with Gasteiger partial charge in [-0.2, -0.15) is 0 Å². The highest BCUT2D eigenvalue weighted by molar-refractivity contribution is 14.1. The van der Waals surface area contributed by atoms with Crippen molar-refractivity contribution in [2.45, 2.75) is 38.8 Å². The minimum absolute atomic E-state index is 0.0639. The number of nitrogens with zero attached hydrogens (tertiary/aromatic N) is 2. The van der Waals surface area contributed by atoms with Crippen LogP contribution in [0.3, 0.4) is 0 Å². The lowest BCUT2D eigenvalue weighted by Crippen LogP contribution is -2.61. The fourth-order valence-electron chi connectivity index (χ4n) is 2.56. The van der Waals surface area contributed by atoms with E-state index in [0.29, 0.717) is 9.26 Å². The summed E-state index contributed by atoms with van der Waals surface area (Å²) in [6.45, 7) is 6.49. The second kappa shape index (κ2) is 7.08. The zero-order valence-corrected chi connectivity index (χ0v) is 18.6. The molecule has 1 aromatic carbocycles. The highest BCUT2D eigenvalue weighted by Gasteiger charge is 2.44. The number of anilines is 1. The van der Waals surface area contributed by atoms with Crippen molar-refractivity contribution in [1.29, 1.82) is 0 Å². The Kier molecular flexibility index (Phi) is 5.68. The van der Waals surface area contributed by atoms with Crippen LogP contribution >= 0.6 is 22.6 Å². The second-order valence-electron chi connectivity index (χ2n) is 7.45. The number of nitrogens with two attached hydrogens (primary N) is 1. The predicted molar refractivity (Wildman–Crippen MR) is 109 cm³/mol. The summed E-state index contributed by atoms with van der Waals surface area (Å²) < 4.78 is 46.3. The van der Waals surface area contributed by atoms with Crippen LogP contribution in [0.5, 0.6) is 0 Å². The summed E-state index contributed by atoms with van der Waals surface area (Å²) in [5, 5.41) is 2.85. The molecule has 8 nitrogen and oxygen atoms in total. The molecule has 0 aromatic heterocycles. The number of carbonyl (C=O) groups excluding carboxylic acids is 1. The molecule has 1 aromatic rings. The molecule has 1 saturated heterocycles. The van der Waals surface area contributed by atoms with Crippen LogP contribution in [0.15, 0.2) is 17.1 Å². The first-order chi connectivity index (χ1) is 12.1. The van der Waals surface area contributed by atoms with Gasteiger partial charge >= 0.3 is 6.09 Å². The van der Waals surface area contributed by atoms with Crippen LogP contribution in [0.1, 0.15) is 33.3 Å². The van der Waals surface area contributed by atoms with Gasteiger partial charge in [0.15, 0.2) is 0 Å². The standard InChI is InChI=1S/C16H22FIN4O4S/c1-15(2,3)26-14(23)20-13-21-16(4,8-27(24,25)22(13)5)9-6-12(19)11(18)7-10(9)17/h6-7H,8,19H2,1-5H3,(H,20,21,23)/t16-/m0/s1. The number of sulfonamides is 1. The monoisotopic (exact) mass is 512 g/mol. The van der Waals surface area contributed by atoms with E-state index >= 15 is 0 Å². The van der Waals surface area contributed by atoms with E-state index in [2.05, 4.69) is 10.3 Å². The molecule has 1 amide bonds. The molecule has 1 fully saturated rings. The lowest BCUT2D eigenvalue weighted by atomic mass is 9.93. The lowest BCUT2D eigenvalue weighted by molar-refractivity contribution is 0.0602. The number of rotatable bonds is 1. The van der Waals surface area contributed by atoms with Crippen molar-refractivity contribution in [1.82, 2.24) is 9.62 Å². The van der Waals surface area contributed by atoms with Crippen LogP contribution < -0.4 is 11.1 Å². The third-order valence-corrected chi connectivity index (χ3v) is 6.73. The Morgan fingerprint density at radius 2 is 2.04 bits per heavy atom. The molecular formula is C16H22FIN4O4S. The van der Waals surface area contributed by atoms with Crippen LogP contribution in [0, 0.1) is 9.39 Å². The number of hydrogen-bond acceptors (Lipinski definition) is 5. The number of nitrogens with one attached hydrogen (secondary N) is 1. The van der Waals surface area contributed by atoms with E-state index in [1.165, 1.54) is 26.1 Å². The first-order valence-electron chi connectivity index (χ1n) is 7.96. The summed E-state index contributed by atoms with van der Waals surface area (Å²) in [5.74, 6) is -1.31. The number of amides is 1. The Balaban J connectivity index is 2.51. The SMILES string of the molecule is CN1/C(=N\C(=O)OC(C)(C)C)N[C@](C)(c2cc(N)c(I)cc2F)CS1(=O)=O. The van der Waals surface area contributed by atoms with Crippen molar-refractivity contribution < 1.29 is 22.3 Å². The summed E-state index contributed by atoms with van der Waals surface area (Å²) >= 11 is 1.89. The first kappa shape index (κ1) is 21.7. The van der Waals surface area contributed by atoms with Gasteiger partial charge in [0.1, 0.15) is 11.4 Å². The van der Waals surface area contributed by atoms with Gasteiger partial charge in [-0.05, 0) is 62.4 Å². The Morgan fingerprint density at radius 1 is 1.44 bits per heavy atom. The minimum Gasteiger partial charge on any atom is -0.442 e. The maximum atomic E-state index is 14.6. The van der Waals surface area contributed by atoms with Gasteiger partial charge in [-0.3, -0.25) is 0 Å². The summed E-state index contributed by atoms with van der Waals surface area (Å²) in [7, 11) is -2.62. The Bertz CT molecular complexity index is 914. The molecule has 3 N–H and O–H groups in total. The number of guanidine groups is 1. The van der Waals surface area contributed by atoms with Gasteiger partial charge < -0.3 is 15.8 Å². The normalized spacial score (nSPS) is 23.8.